The van der Waals surface area contributed by atoms with Crippen LogP contribution >= 0.6 is 27.7 Å². The molecule has 0 heterocycles. The second-order valence-electron chi connectivity index (χ2n) is 4.28. The van der Waals surface area contributed by atoms with Gasteiger partial charge in [0.25, 0.3) is 0 Å². The fraction of sp³-hybridized carbons (Fsp3) is 0.0667. The van der Waals surface area contributed by atoms with Gasteiger partial charge in [0.1, 0.15) is 11.6 Å². The van der Waals surface area contributed by atoms with Crippen LogP contribution in [0, 0.1) is 5.82 Å². The van der Waals surface area contributed by atoms with Crippen LogP contribution < -0.4 is 5.73 Å². The lowest BCUT2D eigenvalue weighted by Crippen LogP contribution is -2.06. The van der Waals surface area contributed by atoms with Crippen molar-refractivity contribution in [2.75, 3.05) is 0 Å². The number of rotatable bonds is 4. The Morgan fingerprint density at radius 1 is 1.32 bits per heavy atom. The van der Waals surface area contributed by atoms with Gasteiger partial charge in [-0.3, -0.25) is 0 Å². The Kier molecular flexibility index (Phi) is 5.97. The van der Waals surface area contributed by atoms with Crippen molar-refractivity contribution >= 4 is 39.1 Å². The summed E-state index contributed by atoms with van der Waals surface area (Å²) in [6.45, 7) is 0. The first-order valence-corrected chi connectivity index (χ1v) is 8.05. The predicted molar refractivity (Wildman–Crippen MR) is 92.7 cm³/mol. The van der Waals surface area contributed by atoms with Gasteiger partial charge < -0.3 is 10.8 Å². The molecule has 0 radical (unpaired) electrons. The Bertz CT molecular complexity index is 707. The van der Waals surface area contributed by atoms with Crippen LogP contribution in [-0.2, 0) is 5.75 Å². The molecule has 0 aliphatic rings. The van der Waals surface area contributed by atoms with Crippen LogP contribution in [0.4, 0.5) is 4.39 Å². The van der Waals surface area contributed by atoms with Crippen molar-refractivity contribution < 1.29 is 9.50 Å². The molecule has 0 amide bonds. The first-order valence-electron chi connectivity index (χ1n) is 6.27. The van der Waals surface area contributed by atoms with Gasteiger partial charge in [-0.2, -0.15) is 5.10 Å². The van der Waals surface area contributed by atoms with E-state index in [9.17, 15) is 9.50 Å². The lowest BCUT2D eigenvalue weighted by molar-refractivity contribution is 0.471. The van der Waals surface area contributed by atoms with Gasteiger partial charge in [-0.15, -0.1) is 5.10 Å². The summed E-state index contributed by atoms with van der Waals surface area (Å²) in [4.78, 5) is 0. The van der Waals surface area contributed by atoms with Gasteiger partial charge in [-0.1, -0.05) is 42.1 Å². The van der Waals surface area contributed by atoms with Crippen LogP contribution in [0.5, 0.6) is 5.75 Å². The van der Waals surface area contributed by atoms with Crippen LogP contribution in [0.2, 0.25) is 0 Å². The number of amidine groups is 1. The third-order valence-electron chi connectivity index (χ3n) is 2.65. The zero-order valence-electron chi connectivity index (χ0n) is 11.4. The van der Waals surface area contributed by atoms with Crippen LogP contribution in [0.15, 0.2) is 57.1 Å². The molecule has 0 aliphatic heterocycles. The number of benzene rings is 2. The maximum Gasteiger partial charge on any atom is 0.180 e. The second kappa shape index (κ2) is 7.95. The number of hydrogen-bond acceptors (Lipinski definition) is 4. The molecule has 0 saturated carbocycles. The highest BCUT2D eigenvalue weighted by Gasteiger charge is 2.05. The SMILES string of the molecule is NC(=NN=Cc1cc(F)c(Br)cc1O)SCc1ccccc1. The Morgan fingerprint density at radius 3 is 2.77 bits per heavy atom. The van der Waals surface area contributed by atoms with Crippen molar-refractivity contribution in [1.29, 1.82) is 0 Å². The third kappa shape index (κ3) is 4.85. The van der Waals surface area contributed by atoms with E-state index in [1.807, 2.05) is 30.3 Å². The molecule has 0 aromatic heterocycles. The van der Waals surface area contributed by atoms with Crippen molar-refractivity contribution in [3.05, 3.63) is 63.9 Å². The van der Waals surface area contributed by atoms with Crippen LogP contribution in [-0.4, -0.2) is 16.5 Å². The van der Waals surface area contributed by atoms with E-state index in [0.29, 0.717) is 5.75 Å². The summed E-state index contributed by atoms with van der Waals surface area (Å²) in [7, 11) is 0. The van der Waals surface area contributed by atoms with Crippen molar-refractivity contribution in [1.82, 2.24) is 0 Å². The molecule has 0 atom stereocenters. The highest BCUT2D eigenvalue weighted by Crippen LogP contribution is 2.24. The molecule has 7 heteroatoms. The van der Waals surface area contributed by atoms with Crippen LogP contribution in [0.25, 0.3) is 0 Å². The van der Waals surface area contributed by atoms with Gasteiger partial charge in [-0.05, 0) is 33.6 Å². The third-order valence-corrected chi connectivity index (χ3v) is 4.12. The molecule has 0 unspecified atom stereocenters. The number of hydrogen-bond donors (Lipinski definition) is 2. The molecule has 3 N–H and O–H groups in total. The first kappa shape index (κ1) is 16.5. The number of nitrogens with zero attached hydrogens (tertiary/aromatic N) is 2. The molecule has 22 heavy (non-hydrogen) atoms. The highest BCUT2D eigenvalue weighted by atomic mass is 79.9. The molecular formula is C15H13BrFN3OS. The number of thioether (sulfide) groups is 1. The minimum atomic E-state index is -0.491. The number of phenols is 1. The van der Waals surface area contributed by atoms with E-state index in [2.05, 4.69) is 26.1 Å². The molecule has 0 saturated heterocycles. The predicted octanol–water partition coefficient (Wildman–Crippen LogP) is 3.88. The van der Waals surface area contributed by atoms with Crippen LogP contribution in [0.1, 0.15) is 11.1 Å². The van der Waals surface area contributed by atoms with E-state index in [1.54, 1.807) is 0 Å². The molecule has 114 valence electrons. The lowest BCUT2D eigenvalue weighted by Gasteiger charge is -2.01. The largest absolute Gasteiger partial charge is 0.507 e. The fourth-order valence-electron chi connectivity index (χ4n) is 1.56. The highest BCUT2D eigenvalue weighted by molar-refractivity contribution is 9.10. The molecule has 2 aromatic carbocycles. The normalized spacial score (nSPS) is 12.0. The Morgan fingerprint density at radius 2 is 2.05 bits per heavy atom. The van der Waals surface area contributed by atoms with Crippen molar-refractivity contribution in [2.45, 2.75) is 5.75 Å². The van der Waals surface area contributed by atoms with Gasteiger partial charge in [-0.25, -0.2) is 4.39 Å². The molecule has 2 aromatic rings. The summed E-state index contributed by atoms with van der Waals surface area (Å²) in [6, 6.07) is 12.2. The van der Waals surface area contributed by atoms with E-state index in [4.69, 9.17) is 5.73 Å². The number of halogens is 2. The molecule has 2 rings (SSSR count). The zero-order valence-corrected chi connectivity index (χ0v) is 13.8. The van der Waals surface area contributed by atoms with E-state index < -0.39 is 5.82 Å². The summed E-state index contributed by atoms with van der Waals surface area (Å²) < 4.78 is 13.6. The van der Waals surface area contributed by atoms with E-state index in [1.165, 1.54) is 24.0 Å². The second-order valence-corrected chi connectivity index (χ2v) is 6.13. The molecule has 0 aliphatic carbocycles. The van der Waals surface area contributed by atoms with E-state index in [0.717, 1.165) is 11.6 Å². The van der Waals surface area contributed by atoms with Gasteiger partial charge in [0.05, 0.1) is 10.7 Å². The zero-order chi connectivity index (χ0) is 15.9. The molecular weight excluding hydrogens is 369 g/mol. The van der Waals surface area contributed by atoms with Gasteiger partial charge in [0.2, 0.25) is 0 Å². The summed E-state index contributed by atoms with van der Waals surface area (Å²) in [5.74, 6) is 0.0986. The summed E-state index contributed by atoms with van der Waals surface area (Å²) >= 11 is 4.33. The quantitative estimate of drug-likeness (QED) is 0.479. The molecule has 4 nitrogen and oxygen atoms in total. The number of phenolic OH excluding ortho intramolecular Hbond substituents is 1. The van der Waals surface area contributed by atoms with Gasteiger partial charge in [0, 0.05) is 11.3 Å². The minimum Gasteiger partial charge on any atom is -0.507 e. The average Bonchev–Trinajstić information content (AvgIpc) is 2.51. The van der Waals surface area contributed by atoms with Gasteiger partial charge in [0.15, 0.2) is 5.17 Å². The monoisotopic (exact) mass is 381 g/mol. The average molecular weight is 382 g/mol. The summed E-state index contributed by atoms with van der Waals surface area (Å²) in [5, 5.41) is 17.5. The Balaban J connectivity index is 1.97. The topological polar surface area (TPSA) is 71.0 Å². The van der Waals surface area contributed by atoms with E-state index in [-0.39, 0.29) is 21.0 Å². The molecule has 0 spiro atoms. The standard InChI is InChI=1S/C15H13BrFN3OS/c16-12-7-14(21)11(6-13(12)17)8-19-20-15(18)22-9-10-4-2-1-3-5-10/h1-8,21H,9H2,(H2,18,20). The van der Waals surface area contributed by atoms with Crippen LogP contribution in [0.3, 0.4) is 0 Å². The van der Waals surface area contributed by atoms with Crippen molar-refractivity contribution in [3.63, 3.8) is 0 Å². The maximum atomic E-state index is 13.4. The fourth-order valence-corrected chi connectivity index (χ4v) is 2.51. The lowest BCUT2D eigenvalue weighted by atomic mass is 10.2. The number of nitrogens with two attached hydrogens (primary N) is 1. The van der Waals surface area contributed by atoms with Crippen molar-refractivity contribution in [2.24, 2.45) is 15.9 Å². The van der Waals surface area contributed by atoms with Crippen molar-refractivity contribution in [3.8, 4) is 5.75 Å². The molecule has 0 fully saturated rings. The Labute approximate surface area is 140 Å². The summed E-state index contributed by atoms with van der Waals surface area (Å²) in [5.41, 5.74) is 7.09. The van der Waals surface area contributed by atoms with E-state index >= 15 is 0 Å². The maximum absolute atomic E-state index is 13.4. The Hall–Kier alpha value is -1.86. The minimum absolute atomic E-state index is 0.0947. The summed E-state index contributed by atoms with van der Waals surface area (Å²) in [6.07, 6.45) is 1.25. The number of aromatic hydroxyl groups is 1. The smallest absolute Gasteiger partial charge is 0.180 e. The van der Waals surface area contributed by atoms with Gasteiger partial charge >= 0.3 is 0 Å². The molecule has 0 bridgehead atoms. The first-order chi connectivity index (χ1) is 10.6.